The maximum absolute atomic E-state index is 12.0. The van der Waals surface area contributed by atoms with Gasteiger partial charge >= 0.3 is 11.9 Å². The maximum Gasteiger partial charge on any atom is 0.337 e. The van der Waals surface area contributed by atoms with Crippen molar-refractivity contribution >= 4 is 81.5 Å². The largest absolute Gasteiger partial charge is 0.489 e. The molecule has 418 valence electrons. The van der Waals surface area contributed by atoms with Gasteiger partial charge in [-0.05, 0) is 140 Å². The fourth-order valence-electron chi connectivity index (χ4n) is 10.5. The van der Waals surface area contributed by atoms with E-state index in [0.717, 1.165) is 65.0 Å². The number of benzene rings is 6. The van der Waals surface area contributed by atoms with Gasteiger partial charge in [-0.3, -0.25) is 0 Å². The first kappa shape index (κ1) is 58.2. The number of methoxy groups -OCH3 is 1. The molecule has 0 radical (unpaired) electrons. The van der Waals surface area contributed by atoms with Crippen LogP contribution < -0.4 is 9.47 Å². The van der Waals surface area contributed by atoms with Crippen LogP contribution in [0.5, 0.6) is 11.5 Å². The normalized spacial score (nSPS) is 19.3. The van der Waals surface area contributed by atoms with Gasteiger partial charge in [0.1, 0.15) is 47.6 Å². The molecule has 2 aromatic heterocycles. The number of esters is 1. The molecule has 4 aliphatic carbocycles. The third-order valence-electron chi connectivity index (χ3n) is 15.1. The molecule has 4 saturated carbocycles. The van der Waals surface area contributed by atoms with E-state index in [0.29, 0.717) is 100.0 Å². The number of carboxylic acid groups (broad SMARTS) is 1. The van der Waals surface area contributed by atoms with Crippen LogP contribution in [0.4, 0.5) is 0 Å². The highest BCUT2D eigenvalue weighted by atomic mass is 35.5. The highest BCUT2D eigenvalue weighted by molar-refractivity contribution is 6.40. The van der Waals surface area contributed by atoms with E-state index in [4.69, 9.17) is 98.0 Å². The number of carboxylic acids is 1. The number of hydrogen-bond donors (Lipinski definition) is 2. The van der Waals surface area contributed by atoms with E-state index >= 15 is 0 Å². The van der Waals surface area contributed by atoms with Crippen LogP contribution in [0, 0.1) is 22.7 Å². The summed E-state index contributed by atoms with van der Waals surface area (Å²) in [6, 6.07) is 40.1. The zero-order valence-electron chi connectivity index (χ0n) is 44.0. The summed E-state index contributed by atoms with van der Waals surface area (Å²) in [6.45, 7) is 2.30. The first-order valence-electron chi connectivity index (χ1n) is 26.3. The predicted octanol–water partition coefficient (Wildman–Crippen LogP) is 16.9. The quantitative estimate of drug-likeness (QED) is 0.0866. The summed E-state index contributed by atoms with van der Waals surface area (Å²) in [6.07, 6.45) is 5.24. The Labute approximate surface area is 502 Å². The van der Waals surface area contributed by atoms with Crippen molar-refractivity contribution in [3.05, 3.63) is 207 Å². The second-order valence-corrected chi connectivity index (χ2v) is 22.8. The van der Waals surface area contributed by atoms with Gasteiger partial charge in [-0.15, -0.1) is 0 Å². The Morgan fingerprint density at radius 3 is 1.35 bits per heavy atom. The lowest BCUT2D eigenvalue weighted by molar-refractivity contribution is 0.0599. The average Bonchev–Trinajstić information content (AvgIpc) is 3.74. The number of carbonyl (C=O) groups excluding carboxylic acids is 1. The van der Waals surface area contributed by atoms with E-state index in [1.807, 2.05) is 30.3 Å². The molecule has 0 spiro atoms. The van der Waals surface area contributed by atoms with Gasteiger partial charge < -0.3 is 33.5 Å². The molecular formula is C63H50Cl6N4O9. The number of aliphatic hydroxyl groups is 1. The fourth-order valence-corrected chi connectivity index (χ4v) is 12.3. The molecule has 2 heterocycles. The van der Waals surface area contributed by atoms with Crippen molar-refractivity contribution < 1.29 is 43.1 Å². The van der Waals surface area contributed by atoms with Gasteiger partial charge in [0.2, 0.25) is 0 Å². The Morgan fingerprint density at radius 2 is 0.988 bits per heavy atom. The van der Waals surface area contributed by atoms with E-state index in [9.17, 15) is 25.2 Å². The van der Waals surface area contributed by atoms with Crippen molar-refractivity contribution in [2.45, 2.75) is 93.2 Å². The first-order valence-corrected chi connectivity index (χ1v) is 28.5. The molecule has 4 atom stereocenters. The zero-order valence-corrected chi connectivity index (χ0v) is 48.6. The zero-order chi connectivity index (χ0) is 58.0. The molecule has 12 rings (SSSR count). The summed E-state index contributed by atoms with van der Waals surface area (Å²) < 4.78 is 28.6. The number of nitriles is 2. The van der Waals surface area contributed by atoms with Crippen molar-refractivity contribution in [2.24, 2.45) is 0 Å². The Bertz CT molecular complexity index is 3800. The summed E-state index contributed by atoms with van der Waals surface area (Å²) in [5.41, 5.74) is 6.09. The molecule has 82 heavy (non-hydrogen) atoms. The summed E-state index contributed by atoms with van der Waals surface area (Å²) in [5, 5.41) is 48.6. The monoisotopic (exact) mass is 1220 g/mol. The van der Waals surface area contributed by atoms with Gasteiger partial charge in [0.25, 0.3) is 0 Å². The minimum absolute atomic E-state index is 0.0904. The van der Waals surface area contributed by atoms with Crippen molar-refractivity contribution in [1.82, 2.24) is 10.3 Å². The number of rotatable bonds is 16. The average molecular weight is 1220 g/mol. The van der Waals surface area contributed by atoms with Crippen LogP contribution in [0.15, 0.2) is 130 Å². The van der Waals surface area contributed by atoms with Crippen molar-refractivity contribution in [1.29, 1.82) is 10.5 Å². The van der Waals surface area contributed by atoms with Crippen molar-refractivity contribution in [3.8, 4) is 46.2 Å². The summed E-state index contributed by atoms with van der Waals surface area (Å²) >= 11 is 39.3. The van der Waals surface area contributed by atoms with Crippen molar-refractivity contribution in [2.75, 3.05) is 13.7 Å². The third kappa shape index (κ3) is 11.8. The molecular weight excluding hydrogens is 1170 g/mol. The Kier molecular flexibility index (Phi) is 17.3. The number of carbonyl (C=O) groups is 2. The first-order chi connectivity index (χ1) is 39.6. The molecule has 6 aromatic carbocycles. The molecule has 4 unspecified atom stereocenters. The number of halogens is 6. The SMILES string of the molecule is CCO.COC(=O)c1cccc(C2CC2(C#N)c2ccc(OCc3c(-c4c(Cl)cccc4Cl)noc3C3CC3)cc2Cl)c1.N#CC1(c2ccc(OCc3c(-c4c(Cl)cccc4Cl)noc3C3CC3)cc2Cl)CC1c1cccc(C(=O)O)c1. The number of nitrogens with zero attached hydrogens (tertiary/aromatic N) is 4. The van der Waals surface area contributed by atoms with Crippen LogP contribution in [0.1, 0.15) is 135 Å². The van der Waals surface area contributed by atoms with Gasteiger partial charge in [-0.1, -0.05) is 128 Å². The van der Waals surface area contributed by atoms with Crippen LogP contribution in [-0.4, -0.2) is 46.2 Å². The Hall–Kier alpha value is -7.04. The number of aliphatic hydroxyl groups excluding tert-OH is 1. The molecule has 0 aliphatic heterocycles. The maximum atomic E-state index is 12.0. The highest BCUT2D eigenvalue weighted by Crippen LogP contribution is 2.63. The number of hydrogen-bond acceptors (Lipinski definition) is 12. The third-order valence-corrected chi connectivity index (χ3v) is 17.0. The molecule has 0 saturated heterocycles. The van der Waals surface area contributed by atoms with Crippen molar-refractivity contribution in [3.63, 3.8) is 0 Å². The van der Waals surface area contributed by atoms with Crippen LogP contribution in [0.3, 0.4) is 0 Å². The molecule has 19 heteroatoms. The second kappa shape index (κ2) is 24.4. The van der Waals surface area contributed by atoms with Crippen LogP contribution in [0.2, 0.25) is 30.1 Å². The lowest BCUT2D eigenvalue weighted by Gasteiger charge is -2.14. The highest BCUT2D eigenvalue weighted by Gasteiger charge is 2.59. The predicted molar refractivity (Wildman–Crippen MR) is 313 cm³/mol. The summed E-state index contributed by atoms with van der Waals surface area (Å²) in [4.78, 5) is 23.4. The number of aromatic nitrogens is 2. The lowest BCUT2D eigenvalue weighted by atomic mass is 9.91. The smallest absolute Gasteiger partial charge is 0.337 e. The summed E-state index contributed by atoms with van der Waals surface area (Å²) in [7, 11) is 1.34. The Morgan fingerprint density at radius 1 is 0.598 bits per heavy atom. The molecule has 13 nitrogen and oxygen atoms in total. The summed E-state index contributed by atoms with van der Waals surface area (Å²) in [5.74, 6) is 1.57. The van der Waals surface area contributed by atoms with Gasteiger partial charge in [0, 0.05) is 51.5 Å². The molecule has 0 bridgehead atoms. The minimum Gasteiger partial charge on any atom is -0.489 e. The topological polar surface area (TPSA) is 202 Å². The lowest BCUT2D eigenvalue weighted by Crippen LogP contribution is -2.09. The van der Waals surface area contributed by atoms with Gasteiger partial charge in [0.15, 0.2) is 0 Å². The van der Waals surface area contributed by atoms with E-state index in [1.54, 1.807) is 91.9 Å². The van der Waals surface area contributed by atoms with Crippen LogP contribution >= 0.6 is 69.6 Å². The number of aromatic carboxylic acids is 1. The number of ether oxygens (including phenoxy) is 3. The standard InChI is InChI=1S/C31H23Cl3N2O4.C30H21Cl3N2O4.C2H6O/c1-38-30(37)19-5-2-4-18(12-19)23-14-31(23,16-35)22-11-10-20(13-26(22)34)39-15-21-28(36-40-29(21)17-8-9-17)27-24(32)6-3-7-25(27)33;31-23-5-2-6-24(32)26(23)27-20(28(39-35-27)16-7-8-16)14-38-19-9-10-21(25(33)12-19)30(15-34)13-22(30)17-3-1-4-18(11-17)29(36)37;1-2-3/h2-7,10-13,17,23H,8-9,14-15H2,1H3;1-6,9-12,16,22H,7-8,13-14H2,(H,36,37);3H,2H2,1H3. The van der Waals surface area contributed by atoms with E-state index in [-0.39, 0.29) is 37.2 Å². The van der Waals surface area contributed by atoms with E-state index in [1.165, 1.54) is 13.2 Å². The Balaban J connectivity index is 0.000000175. The molecule has 8 aromatic rings. The van der Waals surface area contributed by atoms with Gasteiger partial charge in [0.05, 0.1) is 72.4 Å². The minimum atomic E-state index is -1.00. The van der Waals surface area contributed by atoms with Crippen LogP contribution in [-0.2, 0) is 28.8 Å². The van der Waals surface area contributed by atoms with E-state index in [2.05, 4.69) is 22.5 Å². The second-order valence-electron chi connectivity index (χ2n) is 20.4. The van der Waals surface area contributed by atoms with E-state index < -0.39 is 22.8 Å². The fraction of sp³-hybridized carbons (Fsp3) is 0.270. The molecule has 4 aliphatic rings. The molecule has 4 fully saturated rings. The van der Waals surface area contributed by atoms with Gasteiger partial charge in [-0.25, -0.2) is 9.59 Å². The molecule has 0 amide bonds. The van der Waals surface area contributed by atoms with Crippen LogP contribution in [0.25, 0.3) is 22.5 Å². The molecule has 2 N–H and O–H groups in total. The van der Waals surface area contributed by atoms with Gasteiger partial charge in [-0.2, -0.15) is 10.5 Å².